The minimum Gasteiger partial charge on any atom is -0.324 e. The maximum absolute atomic E-state index is 12.9. The Labute approximate surface area is 173 Å². The van der Waals surface area contributed by atoms with Gasteiger partial charge in [-0.05, 0) is 50.1 Å². The summed E-state index contributed by atoms with van der Waals surface area (Å²) < 4.78 is 29.1. The van der Waals surface area contributed by atoms with Gasteiger partial charge in [0.1, 0.15) is 4.21 Å². The van der Waals surface area contributed by atoms with E-state index in [-0.39, 0.29) is 12.5 Å². The first-order chi connectivity index (χ1) is 13.9. The highest BCUT2D eigenvalue weighted by Gasteiger charge is 2.34. The van der Waals surface area contributed by atoms with Crippen molar-refractivity contribution in [3.05, 3.63) is 53.8 Å². The number of hydrogen-bond donors (Lipinski definition) is 1. The molecule has 4 heterocycles. The predicted octanol–water partition coefficient (Wildman–Crippen LogP) is 2.68. The predicted molar refractivity (Wildman–Crippen MR) is 111 cm³/mol. The van der Waals surface area contributed by atoms with Crippen molar-refractivity contribution in [1.29, 1.82) is 0 Å². The quantitative estimate of drug-likeness (QED) is 0.670. The van der Waals surface area contributed by atoms with Crippen LogP contribution >= 0.6 is 11.3 Å². The molecule has 0 aliphatic carbocycles. The molecule has 1 fully saturated rings. The Morgan fingerprint density at radius 2 is 2.14 bits per heavy atom. The molecular formula is C19H21N5O3S2. The zero-order chi connectivity index (χ0) is 20.4. The number of sulfonamides is 1. The molecular weight excluding hydrogens is 410 g/mol. The molecule has 1 unspecified atom stereocenters. The third-order valence-electron chi connectivity index (χ3n) is 4.82. The van der Waals surface area contributed by atoms with Crippen LogP contribution in [0.15, 0.2) is 53.1 Å². The van der Waals surface area contributed by atoms with Gasteiger partial charge in [0, 0.05) is 30.4 Å². The number of nitrogens with zero attached hydrogens (tertiary/aromatic N) is 4. The number of rotatable bonds is 5. The Morgan fingerprint density at radius 3 is 2.79 bits per heavy atom. The van der Waals surface area contributed by atoms with Gasteiger partial charge in [-0.25, -0.2) is 18.1 Å². The summed E-state index contributed by atoms with van der Waals surface area (Å²) in [5.74, 6) is 0.0560. The first kappa shape index (κ1) is 19.7. The molecule has 0 radical (unpaired) electrons. The van der Waals surface area contributed by atoms with Gasteiger partial charge in [-0.1, -0.05) is 0 Å². The zero-order valence-electron chi connectivity index (χ0n) is 15.9. The molecule has 3 aromatic heterocycles. The van der Waals surface area contributed by atoms with E-state index in [9.17, 15) is 13.2 Å². The smallest absolute Gasteiger partial charge is 0.252 e. The summed E-state index contributed by atoms with van der Waals surface area (Å²) in [7, 11) is -3.56. The van der Waals surface area contributed by atoms with Gasteiger partial charge < -0.3 is 5.32 Å². The van der Waals surface area contributed by atoms with Crippen molar-refractivity contribution in [3.63, 3.8) is 0 Å². The van der Waals surface area contributed by atoms with E-state index in [4.69, 9.17) is 0 Å². The van der Waals surface area contributed by atoms with Crippen molar-refractivity contribution in [1.82, 2.24) is 19.1 Å². The summed E-state index contributed by atoms with van der Waals surface area (Å²) in [6, 6.07) is 8.75. The molecule has 0 aromatic carbocycles. The zero-order valence-corrected chi connectivity index (χ0v) is 17.5. The van der Waals surface area contributed by atoms with Crippen molar-refractivity contribution in [2.45, 2.75) is 24.0 Å². The summed E-state index contributed by atoms with van der Waals surface area (Å²) in [5, 5.41) is 6.96. The van der Waals surface area contributed by atoms with Crippen LogP contribution in [0.3, 0.4) is 0 Å². The maximum atomic E-state index is 12.9. The standard InChI is InChI=1S/C19H21N5O3S2/c1-14-5-8-18(28-14)29(26,27)23-10-2-4-15(13-23)19(25)22-16-6-7-17(20-12-16)24-11-3-9-21-24/h3,5-9,11-12,15H,2,4,10,13H2,1H3,(H,22,25). The molecule has 29 heavy (non-hydrogen) atoms. The van der Waals surface area contributed by atoms with Crippen LogP contribution in [0.2, 0.25) is 0 Å². The first-order valence-electron chi connectivity index (χ1n) is 9.27. The number of aryl methyl sites for hydroxylation is 1. The minimum absolute atomic E-state index is 0.184. The van der Waals surface area contributed by atoms with Gasteiger partial charge >= 0.3 is 0 Å². The highest BCUT2D eigenvalue weighted by atomic mass is 32.2. The van der Waals surface area contributed by atoms with Crippen LogP contribution in [-0.4, -0.2) is 46.5 Å². The second-order valence-electron chi connectivity index (χ2n) is 6.91. The number of carbonyl (C=O) groups is 1. The molecule has 0 saturated carbocycles. The SMILES string of the molecule is Cc1ccc(S(=O)(=O)N2CCCC(C(=O)Nc3ccc(-n4cccn4)nc3)C2)s1. The fourth-order valence-corrected chi connectivity index (χ4v) is 6.26. The molecule has 1 aliphatic rings. The lowest BCUT2D eigenvalue weighted by Crippen LogP contribution is -2.43. The van der Waals surface area contributed by atoms with Crippen LogP contribution in [-0.2, 0) is 14.8 Å². The van der Waals surface area contributed by atoms with Gasteiger partial charge in [-0.2, -0.15) is 9.40 Å². The Hall–Kier alpha value is -2.56. The third-order valence-corrected chi connectivity index (χ3v) is 8.15. The number of nitrogens with one attached hydrogen (secondary N) is 1. The van der Waals surface area contributed by atoms with Gasteiger partial charge in [0.05, 0.1) is 17.8 Å². The second kappa shape index (κ2) is 8.05. The van der Waals surface area contributed by atoms with E-state index in [1.165, 1.54) is 15.6 Å². The molecule has 3 aromatic rings. The number of pyridine rings is 1. The summed E-state index contributed by atoms with van der Waals surface area (Å²) in [6.07, 6.45) is 6.32. The molecule has 4 rings (SSSR count). The molecule has 10 heteroatoms. The van der Waals surface area contributed by atoms with E-state index in [1.54, 1.807) is 53.6 Å². The number of amides is 1. The van der Waals surface area contributed by atoms with E-state index >= 15 is 0 Å². The number of aromatic nitrogens is 3. The molecule has 1 amide bonds. The number of thiophene rings is 1. The highest BCUT2D eigenvalue weighted by molar-refractivity contribution is 7.91. The molecule has 0 bridgehead atoms. The average Bonchev–Trinajstić information content (AvgIpc) is 3.41. The third kappa shape index (κ3) is 4.24. The van der Waals surface area contributed by atoms with Crippen molar-refractivity contribution >= 4 is 33.0 Å². The molecule has 1 N–H and O–H groups in total. The van der Waals surface area contributed by atoms with Crippen LogP contribution in [0.5, 0.6) is 0 Å². The molecule has 152 valence electrons. The second-order valence-corrected chi connectivity index (χ2v) is 10.4. The van der Waals surface area contributed by atoms with Crippen LogP contribution in [0.25, 0.3) is 5.82 Å². The average molecular weight is 432 g/mol. The van der Waals surface area contributed by atoms with Gasteiger partial charge in [-0.3, -0.25) is 4.79 Å². The fraction of sp³-hybridized carbons (Fsp3) is 0.316. The Kier molecular flexibility index (Phi) is 5.48. The fourth-order valence-electron chi connectivity index (χ4n) is 3.30. The summed E-state index contributed by atoms with van der Waals surface area (Å²) >= 11 is 1.26. The van der Waals surface area contributed by atoms with E-state index < -0.39 is 15.9 Å². The van der Waals surface area contributed by atoms with Crippen molar-refractivity contribution in [3.8, 4) is 5.82 Å². The number of carbonyl (C=O) groups excluding carboxylic acids is 1. The topological polar surface area (TPSA) is 97.2 Å². The van der Waals surface area contributed by atoms with E-state index in [1.807, 2.05) is 6.92 Å². The summed E-state index contributed by atoms with van der Waals surface area (Å²) in [5.41, 5.74) is 0.569. The van der Waals surface area contributed by atoms with Crippen LogP contribution in [0.1, 0.15) is 17.7 Å². The lowest BCUT2D eigenvalue weighted by Gasteiger charge is -2.30. The molecule has 0 spiro atoms. The van der Waals surface area contributed by atoms with Gasteiger partial charge in [0.2, 0.25) is 5.91 Å². The normalized spacial score (nSPS) is 17.9. The number of hydrogen-bond acceptors (Lipinski definition) is 6. The Balaban J connectivity index is 1.42. The van der Waals surface area contributed by atoms with E-state index in [0.717, 1.165) is 4.88 Å². The highest BCUT2D eigenvalue weighted by Crippen LogP contribution is 2.28. The minimum atomic E-state index is -3.56. The monoisotopic (exact) mass is 431 g/mol. The summed E-state index contributed by atoms with van der Waals surface area (Å²) in [4.78, 5) is 18.0. The van der Waals surface area contributed by atoms with Gasteiger partial charge in [0.15, 0.2) is 5.82 Å². The van der Waals surface area contributed by atoms with Crippen LogP contribution in [0, 0.1) is 12.8 Å². The maximum Gasteiger partial charge on any atom is 0.252 e. The van der Waals surface area contributed by atoms with Crippen LogP contribution in [0.4, 0.5) is 5.69 Å². The summed E-state index contributed by atoms with van der Waals surface area (Å²) in [6.45, 7) is 2.49. The largest absolute Gasteiger partial charge is 0.324 e. The number of anilines is 1. The van der Waals surface area contributed by atoms with Crippen molar-refractivity contribution < 1.29 is 13.2 Å². The number of piperidine rings is 1. The van der Waals surface area contributed by atoms with Crippen molar-refractivity contribution in [2.24, 2.45) is 5.92 Å². The van der Waals surface area contributed by atoms with Crippen LogP contribution < -0.4 is 5.32 Å². The van der Waals surface area contributed by atoms with Gasteiger partial charge in [0.25, 0.3) is 10.0 Å². The molecule has 1 atom stereocenters. The molecule has 8 nitrogen and oxygen atoms in total. The van der Waals surface area contributed by atoms with Gasteiger partial charge in [-0.15, -0.1) is 11.3 Å². The molecule has 1 aliphatic heterocycles. The van der Waals surface area contributed by atoms with E-state index in [0.29, 0.717) is 35.1 Å². The lowest BCUT2D eigenvalue weighted by atomic mass is 9.99. The molecule has 1 saturated heterocycles. The van der Waals surface area contributed by atoms with E-state index in [2.05, 4.69) is 15.4 Å². The first-order valence-corrected chi connectivity index (χ1v) is 11.5. The van der Waals surface area contributed by atoms with Crippen molar-refractivity contribution in [2.75, 3.05) is 18.4 Å². The Morgan fingerprint density at radius 1 is 1.28 bits per heavy atom. The Bertz CT molecular complexity index is 1090. The lowest BCUT2D eigenvalue weighted by molar-refractivity contribution is -0.120.